The molecule has 3 unspecified atom stereocenters. The summed E-state index contributed by atoms with van der Waals surface area (Å²) < 4.78 is 0. The third-order valence-corrected chi connectivity index (χ3v) is 3.86. The maximum absolute atomic E-state index is 5.97. The van der Waals surface area contributed by atoms with E-state index in [1.54, 1.807) is 0 Å². The predicted octanol–water partition coefficient (Wildman–Crippen LogP) is 2.20. The molecule has 1 aliphatic heterocycles. The highest BCUT2D eigenvalue weighted by atomic mass is 15.2. The Morgan fingerprint density at radius 2 is 2.29 bits per heavy atom. The van der Waals surface area contributed by atoms with Crippen LogP contribution in [-0.4, -0.2) is 29.0 Å². The van der Waals surface area contributed by atoms with Gasteiger partial charge in [-0.1, -0.05) is 13.0 Å². The quantitative estimate of drug-likeness (QED) is 0.870. The maximum Gasteiger partial charge on any atom is 0.0488 e. The molecule has 0 spiro atoms. The Kier molecular flexibility index (Phi) is 4.13. The van der Waals surface area contributed by atoms with Crippen LogP contribution in [0.4, 0.5) is 0 Å². The summed E-state index contributed by atoms with van der Waals surface area (Å²) in [7, 11) is 0. The molecule has 0 aromatic carbocycles. The van der Waals surface area contributed by atoms with Gasteiger partial charge in [0.2, 0.25) is 0 Å². The van der Waals surface area contributed by atoms with Crippen molar-refractivity contribution in [2.75, 3.05) is 13.1 Å². The zero-order valence-electron chi connectivity index (χ0n) is 10.8. The Bertz CT molecular complexity index is 339. The first-order valence-corrected chi connectivity index (χ1v) is 6.58. The lowest BCUT2D eigenvalue weighted by molar-refractivity contribution is 0.0797. The van der Waals surface area contributed by atoms with Crippen molar-refractivity contribution in [2.24, 2.45) is 11.7 Å². The van der Waals surface area contributed by atoms with Gasteiger partial charge in [-0.15, -0.1) is 0 Å². The van der Waals surface area contributed by atoms with Crippen LogP contribution in [0.1, 0.15) is 38.3 Å². The van der Waals surface area contributed by atoms with Crippen LogP contribution in [0, 0.1) is 5.92 Å². The number of nitrogens with two attached hydrogens (primary N) is 1. The number of hydrogen-bond acceptors (Lipinski definition) is 3. The van der Waals surface area contributed by atoms with Crippen LogP contribution in [-0.2, 0) is 0 Å². The summed E-state index contributed by atoms with van der Waals surface area (Å²) in [6.45, 7) is 6.46. The number of aromatic nitrogens is 1. The lowest BCUT2D eigenvalue weighted by Gasteiger charge is -2.41. The number of nitrogens with zero attached hydrogens (tertiary/aromatic N) is 2. The van der Waals surface area contributed by atoms with E-state index < -0.39 is 0 Å². The van der Waals surface area contributed by atoms with Crippen molar-refractivity contribution in [1.82, 2.24) is 9.88 Å². The van der Waals surface area contributed by atoms with Gasteiger partial charge in [0.1, 0.15) is 0 Å². The maximum atomic E-state index is 5.97. The largest absolute Gasteiger partial charge is 0.329 e. The van der Waals surface area contributed by atoms with Crippen LogP contribution in [0.25, 0.3) is 0 Å². The van der Waals surface area contributed by atoms with Crippen molar-refractivity contribution < 1.29 is 0 Å². The minimum Gasteiger partial charge on any atom is -0.329 e. The highest BCUT2D eigenvalue weighted by molar-refractivity contribution is 5.15. The second kappa shape index (κ2) is 5.61. The summed E-state index contributed by atoms with van der Waals surface area (Å²) >= 11 is 0. The minimum absolute atomic E-state index is 0.321. The van der Waals surface area contributed by atoms with Crippen molar-refractivity contribution >= 4 is 0 Å². The molecule has 3 atom stereocenters. The van der Waals surface area contributed by atoms with Gasteiger partial charge >= 0.3 is 0 Å². The molecule has 0 bridgehead atoms. The van der Waals surface area contributed by atoms with Gasteiger partial charge in [0.15, 0.2) is 0 Å². The number of piperidine rings is 1. The van der Waals surface area contributed by atoms with Crippen molar-refractivity contribution in [3.05, 3.63) is 30.1 Å². The smallest absolute Gasteiger partial charge is 0.0488 e. The molecule has 1 aromatic rings. The lowest BCUT2D eigenvalue weighted by atomic mass is 9.92. The Balaban J connectivity index is 2.17. The molecule has 0 amide bonds. The summed E-state index contributed by atoms with van der Waals surface area (Å²) in [6.07, 6.45) is 6.38. The van der Waals surface area contributed by atoms with Gasteiger partial charge in [-0.25, -0.2) is 0 Å². The molecule has 2 rings (SSSR count). The van der Waals surface area contributed by atoms with E-state index >= 15 is 0 Å². The van der Waals surface area contributed by atoms with Gasteiger partial charge in [-0.3, -0.25) is 9.88 Å². The molecule has 0 aliphatic carbocycles. The third-order valence-electron chi connectivity index (χ3n) is 3.86. The zero-order chi connectivity index (χ0) is 12.3. The summed E-state index contributed by atoms with van der Waals surface area (Å²) in [5.41, 5.74) is 7.22. The third kappa shape index (κ3) is 2.85. The second-order valence-electron chi connectivity index (χ2n) is 5.27. The number of rotatable bonds is 3. The van der Waals surface area contributed by atoms with Gasteiger partial charge in [0, 0.05) is 37.6 Å². The van der Waals surface area contributed by atoms with Crippen molar-refractivity contribution in [3.8, 4) is 0 Å². The first kappa shape index (κ1) is 12.5. The summed E-state index contributed by atoms with van der Waals surface area (Å²) in [6, 6.07) is 5.08. The molecule has 1 fully saturated rings. The molecule has 17 heavy (non-hydrogen) atoms. The first-order valence-electron chi connectivity index (χ1n) is 6.58. The molecule has 94 valence electrons. The van der Waals surface area contributed by atoms with Crippen LogP contribution >= 0.6 is 0 Å². The Hall–Kier alpha value is -0.930. The summed E-state index contributed by atoms with van der Waals surface area (Å²) in [5, 5.41) is 0. The van der Waals surface area contributed by atoms with Crippen LogP contribution in [0.2, 0.25) is 0 Å². The normalized spacial score (nSPS) is 27.9. The standard InChI is InChI=1S/C14H23N3/c1-11-5-6-12(2)17(10-11)14(8-15)13-4-3-7-16-9-13/h3-4,7,9,11-12,14H,5-6,8,10,15H2,1-2H3. The van der Waals surface area contributed by atoms with Crippen LogP contribution < -0.4 is 5.73 Å². The molecule has 1 aliphatic rings. The highest BCUT2D eigenvalue weighted by Gasteiger charge is 2.29. The van der Waals surface area contributed by atoms with Gasteiger partial charge < -0.3 is 5.73 Å². The molecule has 3 nitrogen and oxygen atoms in total. The molecule has 0 saturated carbocycles. The Morgan fingerprint density at radius 3 is 2.94 bits per heavy atom. The van der Waals surface area contributed by atoms with E-state index in [1.165, 1.54) is 18.4 Å². The zero-order valence-corrected chi connectivity index (χ0v) is 10.8. The van der Waals surface area contributed by atoms with E-state index in [9.17, 15) is 0 Å². The SMILES string of the molecule is CC1CCC(C)N(C(CN)c2cccnc2)C1. The first-order chi connectivity index (χ1) is 8.22. The van der Waals surface area contributed by atoms with Crippen molar-refractivity contribution in [1.29, 1.82) is 0 Å². The average molecular weight is 233 g/mol. The fourth-order valence-electron chi connectivity index (χ4n) is 2.79. The van der Waals surface area contributed by atoms with Gasteiger partial charge in [0.25, 0.3) is 0 Å². The summed E-state index contributed by atoms with van der Waals surface area (Å²) in [5.74, 6) is 0.775. The molecule has 1 saturated heterocycles. The minimum atomic E-state index is 0.321. The van der Waals surface area contributed by atoms with Crippen LogP contribution in [0.15, 0.2) is 24.5 Å². The van der Waals surface area contributed by atoms with E-state index in [-0.39, 0.29) is 0 Å². The number of pyridine rings is 1. The molecule has 2 N–H and O–H groups in total. The van der Waals surface area contributed by atoms with Gasteiger partial charge in [-0.05, 0) is 37.3 Å². The molecule has 0 radical (unpaired) electrons. The predicted molar refractivity (Wildman–Crippen MR) is 70.6 cm³/mol. The molecule has 1 aromatic heterocycles. The molecule has 3 heteroatoms. The van der Waals surface area contributed by atoms with E-state index in [0.29, 0.717) is 18.6 Å². The van der Waals surface area contributed by atoms with Crippen molar-refractivity contribution in [2.45, 2.75) is 38.8 Å². The Labute approximate surface area is 104 Å². The van der Waals surface area contributed by atoms with Gasteiger partial charge in [-0.2, -0.15) is 0 Å². The van der Waals surface area contributed by atoms with Crippen LogP contribution in [0.3, 0.4) is 0 Å². The molecule has 2 heterocycles. The molecular formula is C14H23N3. The summed E-state index contributed by atoms with van der Waals surface area (Å²) in [4.78, 5) is 6.76. The highest BCUT2D eigenvalue weighted by Crippen LogP contribution is 2.29. The van der Waals surface area contributed by atoms with Gasteiger partial charge in [0.05, 0.1) is 0 Å². The number of likely N-dealkylation sites (tertiary alicyclic amines) is 1. The Morgan fingerprint density at radius 1 is 1.47 bits per heavy atom. The van der Waals surface area contributed by atoms with Crippen LogP contribution in [0.5, 0.6) is 0 Å². The second-order valence-corrected chi connectivity index (χ2v) is 5.27. The van der Waals surface area contributed by atoms with E-state index in [0.717, 1.165) is 12.5 Å². The van der Waals surface area contributed by atoms with E-state index in [2.05, 4.69) is 29.8 Å². The van der Waals surface area contributed by atoms with E-state index in [1.807, 2.05) is 18.5 Å². The topological polar surface area (TPSA) is 42.1 Å². The monoisotopic (exact) mass is 233 g/mol. The average Bonchev–Trinajstić information content (AvgIpc) is 2.36. The van der Waals surface area contributed by atoms with E-state index in [4.69, 9.17) is 5.73 Å². The van der Waals surface area contributed by atoms with Crippen molar-refractivity contribution in [3.63, 3.8) is 0 Å². The lowest BCUT2D eigenvalue weighted by Crippen LogP contribution is -2.45. The fraction of sp³-hybridized carbons (Fsp3) is 0.643. The number of hydrogen-bond donors (Lipinski definition) is 1. The fourth-order valence-corrected chi connectivity index (χ4v) is 2.79. The molecular weight excluding hydrogens is 210 g/mol.